The van der Waals surface area contributed by atoms with Crippen LogP contribution in [-0.4, -0.2) is 62.7 Å². The molecule has 4 aromatic rings. The number of carbonyl (C=O) groups is 1. The molecule has 222 valence electrons. The number of benzene rings is 3. The maximum absolute atomic E-state index is 14.8. The maximum atomic E-state index is 14.8. The number of hydroxylamine groups is 1. The number of carbonyl (C=O) groups excluding carboxylic acids is 1. The van der Waals surface area contributed by atoms with Gasteiger partial charge in [-0.25, -0.2) is 23.9 Å². The molecule has 1 amide bonds. The molecule has 0 radical (unpaired) electrons. The summed E-state index contributed by atoms with van der Waals surface area (Å²) in [4.78, 5) is 17.0. The third-order valence-electron chi connectivity index (χ3n) is 6.49. The first-order valence-electron chi connectivity index (χ1n) is 13.3. The molecule has 4 rings (SSSR count). The van der Waals surface area contributed by atoms with Crippen LogP contribution < -0.4 is 15.0 Å². The third kappa shape index (κ3) is 8.56. The third-order valence-corrected chi connectivity index (χ3v) is 6.49. The number of rotatable bonds is 15. The van der Waals surface area contributed by atoms with E-state index >= 15 is 0 Å². The van der Waals surface area contributed by atoms with Crippen molar-refractivity contribution in [3.8, 4) is 11.5 Å². The Labute approximate surface area is 242 Å². The SMILES string of the molecule is CN(Cc1ccccc1OCCCOc1ccc(CC(=O)NO)cc1)CC(O)(Cn1cncn1)c1ccc(F)cc1F. The van der Waals surface area contributed by atoms with Crippen LogP contribution in [0.1, 0.15) is 23.1 Å². The molecule has 12 heteroatoms. The van der Waals surface area contributed by atoms with Crippen molar-refractivity contribution in [1.82, 2.24) is 25.1 Å². The maximum Gasteiger partial charge on any atom is 0.247 e. The Hall–Kier alpha value is -4.39. The predicted molar refractivity (Wildman–Crippen MR) is 149 cm³/mol. The van der Waals surface area contributed by atoms with Gasteiger partial charge in [0.25, 0.3) is 0 Å². The van der Waals surface area contributed by atoms with Crippen molar-refractivity contribution >= 4 is 5.91 Å². The van der Waals surface area contributed by atoms with Crippen molar-refractivity contribution in [3.05, 3.63) is 108 Å². The molecule has 1 unspecified atom stereocenters. The van der Waals surface area contributed by atoms with E-state index in [9.17, 15) is 18.7 Å². The number of halogens is 2. The fraction of sp³-hybridized carbons (Fsp3) is 0.300. The minimum atomic E-state index is -1.73. The van der Waals surface area contributed by atoms with E-state index in [1.54, 1.807) is 36.8 Å². The summed E-state index contributed by atoms with van der Waals surface area (Å²) in [5.74, 6) is -0.741. The number of likely N-dealkylation sites (N-methyl/N-ethyl adjacent to an activating group) is 1. The number of hydrogen-bond acceptors (Lipinski definition) is 8. The highest BCUT2D eigenvalue weighted by atomic mass is 19.1. The molecule has 0 spiro atoms. The van der Waals surface area contributed by atoms with E-state index in [0.29, 0.717) is 37.7 Å². The van der Waals surface area contributed by atoms with Crippen LogP contribution in [-0.2, 0) is 29.9 Å². The Kier molecular flexibility index (Phi) is 10.5. The monoisotopic (exact) mass is 581 g/mol. The quantitative estimate of drug-likeness (QED) is 0.111. The van der Waals surface area contributed by atoms with Gasteiger partial charge in [-0.05, 0) is 36.9 Å². The number of nitrogens with one attached hydrogen (secondary N) is 1. The molecule has 0 aliphatic rings. The van der Waals surface area contributed by atoms with Gasteiger partial charge in [0.05, 0.1) is 26.2 Å². The van der Waals surface area contributed by atoms with Gasteiger partial charge < -0.3 is 14.6 Å². The molecule has 1 aromatic heterocycles. The van der Waals surface area contributed by atoms with Crippen molar-refractivity contribution in [1.29, 1.82) is 0 Å². The smallest absolute Gasteiger partial charge is 0.247 e. The number of para-hydroxylation sites is 1. The van der Waals surface area contributed by atoms with Gasteiger partial charge in [-0.15, -0.1) is 0 Å². The van der Waals surface area contributed by atoms with E-state index < -0.39 is 23.1 Å². The number of ether oxygens (including phenoxy) is 2. The van der Waals surface area contributed by atoms with Crippen molar-refractivity contribution in [2.75, 3.05) is 26.8 Å². The average Bonchev–Trinajstić information content (AvgIpc) is 3.47. The predicted octanol–water partition coefficient (Wildman–Crippen LogP) is 3.47. The first kappa shape index (κ1) is 30.6. The molecule has 3 aromatic carbocycles. The fourth-order valence-electron chi connectivity index (χ4n) is 4.60. The lowest BCUT2D eigenvalue weighted by atomic mass is 9.92. The number of aliphatic hydroxyl groups is 1. The molecule has 10 nitrogen and oxygen atoms in total. The molecular formula is C30H33F2N5O5. The number of aromatic nitrogens is 3. The number of nitrogens with zero attached hydrogens (tertiary/aromatic N) is 4. The van der Waals surface area contributed by atoms with Crippen molar-refractivity contribution in [2.45, 2.75) is 31.5 Å². The molecule has 42 heavy (non-hydrogen) atoms. The summed E-state index contributed by atoms with van der Waals surface area (Å²) in [6.07, 6.45) is 3.43. The van der Waals surface area contributed by atoms with E-state index in [1.165, 1.54) is 23.4 Å². The van der Waals surface area contributed by atoms with Gasteiger partial charge in [0.2, 0.25) is 5.91 Å². The van der Waals surface area contributed by atoms with Gasteiger partial charge in [-0.1, -0.05) is 36.4 Å². The minimum Gasteiger partial charge on any atom is -0.493 e. The largest absolute Gasteiger partial charge is 0.493 e. The van der Waals surface area contributed by atoms with Crippen LogP contribution in [0.3, 0.4) is 0 Å². The van der Waals surface area contributed by atoms with Gasteiger partial charge in [-0.2, -0.15) is 5.10 Å². The summed E-state index contributed by atoms with van der Waals surface area (Å²) in [6, 6.07) is 17.7. The van der Waals surface area contributed by atoms with Crippen molar-refractivity contribution in [3.63, 3.8) is 0 Å². The Morgan fingerprint density at radius 1 is 1.07 bits per heavy atom. The molecule has 0 saturated heterocycles. The van der Waals surface area contributed by atoms with Gasteiger partial charge in [0.15, 0.2) is 0 Å². The summed E-state index contributed by atoms with van der Waals surface area (Å²) in [7, 11) is 1.79. The van der Waals surface area contributed by atoms with Crippen molar-refractivity contribution < 1.29 is 33.4 Å². The molecule has 3 N–H and O–H groups in total. The summed E-state index contributed by atoms with van der Waals surface area (Å²) in [5.41, 5.74) is 1.45. The highest BCUT2D eigenvalue weighted by molar-refractivity contribution is 5.77. The van der Waals surface area contributed by atoms with Crippen LogP contribution in [0, 0.1) is 11.6 Å². The fourth-order valence-corrected chi connectivity index (χ4v) is 4.60. The van der Waals surface area contributed by atoms with Crippen LogP contribution in [0.25, 0.3) is 0 Å². The molecule has 0 aliphatic heterocycles. The second-order valence-electron chi connectivity index (χ2n) is 9.94. The lowest BCUT2D eigenvalue weighted by molar-refractivity contribution is -0.128. The molecule has 1 heterocycles. The van der Waals surface area contributed by atoms with E-state index in [-0.39, 0.29) is 25.1 Å². The standard InChI is InChI=1S/C30H33F2N5O5/c1-36(18-30(39,19-37-21-33-20-34-37)26-12-9-24(31)16-27(26)32)17-23-5-2-3-6-28(23)42-14-4-13-41-25-10-7-22(8-11-25)15-29(38)35-40/h2-3,5-12,16,20-21,39-40H,4,13-15,17-19H2,1H3,(H,35,38). The van der Waals surface area contributed by atoms with Crippen LogP contribution in [0.5, 0.6) is 11.5 Å². The second kappa shape index (κ2) is 14.5. The normalized spacial score (nSPS) is 12.6. The van der Waals surface area contributed by atoms with Gasteiger partial charge >= 0.3 is 0 Å². The zero-order valence-corrected chi connectivity index (χ0v) is 23.1. The summed E-state index contributed by atoms with van der Waals surface area (Å²) < 4.78 is 41.6. The second-order valence-corrected chi connectivity index (χ2v) is 9.94. The van der Waals surface area contributed by atoms with Gasteiger partial charge in [0.1, 0.15) is 41.4 Å². The Morgan fingerprint density at radius 2 is 1.83 bits per heavy atom. The highest BCUT2D eigenvalue weighted by Crippen LogP contribution is 2.29. The Bertz CT molecular complexity index is 1440. The van der Waals surface area contributed by atoms with Crippen LogP contribution in [0.15, 0.2) is 79.4 Å². The molecule has 0 bridgehead atoms. The average molecular weight is 582 g/mol. The Balaban J connectivity index is 1.33. The Morgan fingerprint density at radius 3 is 2.55 bits per heavy atom. The van der Waals surface area contributed by atoms with Gasteiger partial charge in [0, 0.05) is 36.7 Å². The first-order valence-corrected chi connectivity index (χ1v) is 13.3. The van der Waals surface area contributed by atoms with Crippen LogP contribution in [0.4, 0.5) is 8.78 Å². The van der Waals surface area contributed by atoms with Crippen molar-refractivity contribution in [2.24, 2.45) is 0 Å². The number of amides is 1. The minimum absolute atomic E-state index is 0.0149. The van der Waals surface area contributed by atoms with E-state index in [4.69, 9.17) is 14.7 Å². The first-order chi connectivity index (χ1) is 20.3. The summed E-state index contributed by atoms with van der Waals surface area (Å²) in [5, 5.41) is 24.3. The summed E-state index contributed by atoms with van der Waals surface area (Å²) in [6.45, 7) is 1.12. The molecule has 0 saturated carbocycles. The molecule has 1 atom stereocenters. The molecule has 0 aliphatic carbocycles. The number of hydrogen-bond donors (Lipinski definition) is 3. The zero-order valence-electron chi connectivity index (χ0n) is 23.1. The van der Waals surface area contributed by atoms with E-state index in [1.807, 2.05) is 29.2 Å². The highest BCUT2D eigenvalue weighted by Gasteiger charge is 2.35. The van der Waals surface area contributed by atoms with E-state index in [2.05, 4.69) is 10.1 Å². The summed E-state index contributed by atoms with van der Waals surface area (Å²) >= 11 is 0. The van der Waals surface area contributed by atoms with E-state index in [0.717, 1.165) is 23.3 Å². The molecule has 0 fully saturated rings. The zero-order chi connectivity index (χ0) is 30.0. The van der Waals surface area contributed by atoms with Gasteiger partial charge in [-0.3, -0.25) is 14.9 Å². The van der Waals surface area contributed by atoms with Crippen LogP contribution >= 0.6 is 0 Å². The lowest BCUT2D eigenvalue weighted by Gasteiger charge is -2.33. The van der Waals surface area contributed by atoms with Crippen LogP contribution in [0.2, 0.25) is 0 Å². The lowest BCUT2D eigenvalue weighted by Crippen LogP contribution is -2.43. The topological polar surface area (TPSA) is 122 Å². The molecular weight excluding hydrogens is 548 g/mol.